The molecular weight excluding hydrogens is 411 g/mol. The third-order valence-corrected chi connectivity index (χ3v) is 5.67. The Hall–Kier alpha value is -2.71. The van der Waals surface area contributed by atoms with Gasteiger partial charge in [-0.15, -0.1) is 21.5 Å². The summed E-state index contributed by atoms with van der Waals surface area (Å²) < 4.78 is 39.0. The zero-order chi connectivity index (χ0) is 20.3. The number of thiazole rings is 1. The molecule has 1 atom stereocenters. The van der Waals surface area contributed by atoms with Crippen molar-refractivity contribution in [1.29, 1.82) is 5.26 Å². The van der Waals surface area contributed by atoms with Gasteiger partial charge in [0.05, 0.1) is 17.5 Å². The Kier molecular flexibility index (Phi) is 5.81. The smallest absolute Gasteiger partial charge is 0.302 e. The number of nitriles is 1. The Balaban J connectivity index is 1.71. The van der Waals surface area contributed by atoms with Gasteiger partial charge in [0.1, 0.15) is 5.01 Å². The van der Waals surface area contributed by atoms with Crippen molar-refractivity contribution in [3.05, 3.63) is 46.5 Å². The van der Waals surface area contributed by atoms with E-state index in [0.29, 0.717) is 10.7 Å². The van der Waals surface area contributed by atoms with Crippen molar-refractivity contribution in [2.75, 3.05) is 5.75 Å². The van der Waals surface area contributed by atoms with Crippen molar-refractivity contribution in [1.82, 2.24) is 19.7 Å². The van der Waals surface area contributed by atoms with Crippen LogP contribution in [0, 0.1) is 11.3 Å². The van der Waals surface area contributed by atoms with Crippen molar-refractivity contribution >= 4 is 28.9 Å². The van der Waals surface area contributed by atoms with Crippen LogP contribution in [-0.4, -0.2) is 31.3 Å². The average molecular weight is 423 g/mol. The lowest BCUT2D eigenvalue weighted by atomic mass is 10.1. The number of nitrogens with zero attached hydrogens (tertiary/aromatic N) is 5. The van der Waals surface area contributed by atoms with Crippen LogP contribution in [-0.2, 0) is 18.0 Å². The van der Waals surface area contributed by atoms with E-state index in [9.17, 15) is 23.2 Å². The first-order valence-corrected chi connectivity index (χ1v) is 9.70. The molecule has 1 aromatic carbocycles. The first-order valence-electron chi connectivity index (χ1n) is 7.84. The fourth-order valence-electron chi connectivity index (χ4n) is 2.33. The lowest BCUT2D eigenvalue weighted by molar-refractivity contribution is -0.147. The van der Waals surface area contributed by atoms with Gasteiger partial charge >= 0.3 is 6.18 Å². The van der Waals surface area contributed by atoms with Crippen molar-refractivity contribution in [2.24, 2.45) is 7.05 Å². The molecule has 0 aliphatic rings. The SMILES string of the molecule is Cn1c(SCC(=O)C(C#N)c2nc(-c3ccccc3)cs2)nnc1C(F)(F)F. The maximum atomic E-state index is 12.8. The molecule has 0 bridgehead atoms. The summed E-state index contributed by atoms with van der Waals surface area (Å²) in [6, 6.07) is 11.2. The second-order valence-corrected chi connectivity index (χ2v) is 7.45. The number of benzene rings is 1. The number of aromatic nitrogens is 4. The standard InChI is InChI=1S/C17H12F3N5OS2/c1-25-15(17(18,19)20)23-24-16(25)28-9-13(26)11(7-21)14-22-12(8-27-14)10-5-3-2-4-6-10/h2-6,8,11H,9H2,1H3. The van der Waals surface area contributed by atoms with Crippen LogP contribution in [0.15, 0.2) is 40.9 Å². The van der Waals surface area contributed by atoms with Gasteiger partial charge in [-0.2, -0.15) is 18.4 Å². The van der Waals surface area contributed by atoms with Crippen LogP contribution in [0.1, 0.15) is 16.7 Å². The molecule has 0 aliphatic carbocycles. The Morgan fingerprint density at radius 2 is 2.04 bits per heavy atom. The molecule has 11 heteroatoms. The number of hydrogen-bond acceptors (Lipinski definition) is 7. The number of ketones is 1. The van der Waals surface area contributed by atoms with Crippen LogP contribution >= 0.6 is 23.1 Å². The summed E-state index contributed by atoms with van der Waals surface area (Å²) in [5, 5.41) is 18.0. The second kappa shape index (κ2) is 8.12. The maximum absolute atomic E-state index is 12.8. The number of alkyl halides is 3. The van der Waals surface area contributed by atoms with Crippen LogP contribution in [0.25, 0.3) is 11.3 Å². The third kappa shape index (κ3) is 4.23. The van der Waals surface area contributed by atoms with Gasteiger partial charge in [-0.3, -0.25) is 4.79 Å². The Bertz CT molecular complexity index is 1020. The van der Waals surface area contributed by atoms with Gasteiger partial charge in [-0.05, 0) is 0 Å². The number of carbonyl (C=O) groups excluding carboxylic acids is 1. The lowest BCUT2D eigenvalue weighted by Crippen LogP contribution is -2.15. The van der Waals surface area contributed by atoms with Crippen LogP contribution in [0.5, 0.6) is 0 Å². The topological polar surface area (TPSA) is 84.5 Å². The summed E-state index contributed by atoms with van der Waals surface area (Å²) in [4.78, 5) is 16.8. The van der Waals surface area contributed by atoms with Gasteiger partial charge in [-0.1, -0.05) is 42.1 Å². The minimum absolute atomic E-state index is 0.0542. The van der Waals surface area contributed by atoms with Crippen molar-refractivity contribution in [2.45, 2.75) is 17.3 Å². The van der Waals surface area contributed by atoms with Crippen LogP contribution in [0.4, 0.5) is 13.2 Å². The minimum Gasteiger partial charge on any atom is -0.302 e. The average Bonchev–Trinajstić information content (AvgIpc) is 3.28. The van der Waals surface area contributed by atoms with E-state index in [-0.39, 0.29) is 10.9 Å². The number of halogens is 3. The molecular formula is C17H12F3N5OS2. The molecule has 28 heavy (non-hydrogen) atoms. The van der Waals surface area contributed by atoms with Crippen molar-refractivity contribution in [3.63, 3.8) is 0 Å². The largest absolute Gasteiger partial charge is 0.451 e. The van der Waals surface area contributed by atoms with Gasteiger partial charge in [0.25, 0.3) is 0 Å². The molecule has 144 valence electrons. The zero-order valence-corrected chi connectivity index (χ0v) is 16.0. The van der Waals surface area contributed by atoms with Crippen LogP contribution in [0.2, 0.25) is 0 Å². The fourth-order valence-corrected chi connectivity index (χ4v) is 4.04. The number of thioether (sulfide) groups is 1. The number of carbonyl (C=O) groups is 1. The highest BCUT2D eigenvalue weighted by Gasteiger charge is 2.37. The molecule has 0 fully saturated rings. The molecule has 1 unspecified atom stereocenters. The zero-order valence-electron chi connectivity index (χ0n) is 14.3. The molecule has 2 heterocycles. The predicted octanol–water partition coefficient (Wildman–Crippen LogP) is 3.93. The quantitative estimate of drug-likeness (QED) is 0.559. The highest BCUT2D eigenvalue weighted by atomic mass is 32.2. The number of Topliss-reactive ketones (excluding diaryl/α,β-unsaturated/α-hetero) is 1. The normalized spacial score (nSPS) is 12.5. The highest BCUT2D eigenvalue weighted by molar-refractivity contribution is 7.99. The van der Waals surface area contributed by atoms with E-state index in [0.717, 1.165) is 21.9 Å². The predicted molar refractivity (Wildman–Crippen MR) is 97.6 cm³/mol. The summed E-state index contributed by atoms with van der Waals surface area (Å²) in [5.74, 6) is -2.92. The van der Waals surface area contributed by atoms with Gasteiger partial charge in [-0.25, -0.2) is 4.98 Å². The molecule has 0 spiro atoms. The summed E-state index contributed by atoms with van der Waals surface area (Å²) in [6.07, 6.45) is -4.63. The minimum atomic E-state index is -4.63. The van der Waals surface area contributed by atoms with E-state index in [1.807, 2.05) is 36.4 Å². The molecule has 2 aromatic heterocycles. The van der Waals surface area contributed by atoms with Crippen LogP contribution < -0.4 is 0 Å². The van der Waals surface area contributed by atoms with E-state index in [1.165, 1.54) is 18.4 Å². The molecule has 6 nitrogen and oxygen atoms in total. The molecule has 3 rings (SSSR count). The number of rotatable bonds is 6. The summed E-state index contributed by atoms with van der Waals surface area (Å²) in [7, 11) is 1.17. The van der Waals surface area contributed by atoms with Gasteiger partial charge in [0, 0.05) is 18.0 Å². The van der Waals surface area contributed by atoms with Gasteiger partial charge < -0.3 is 4.57 Å². The summed E-state index contributed by atoms with van der Waals surface area (Å²) in [5.41, 5.74) is 1.52. The first-order chi connectivity index (χ1) is 13.3. The first kappa shape index (κ1) is 20.0. The van der Waals surface area contributed by atoms with E-state index in [4.69, 9.17) is 0 Å². The van der Waals surface area contributed by atoms with E-state index in [1.54, 1.807) is 5.38 Å². The van der Waals surface area contributed by atoms with Gasteiger partial charge in [0.15, 0.2) is 16.9 Å². The molecule has 0 saturated carbocycles. The van der Waals surface area contributed by atoms with E-state index in [2.05, 4.69) is 15.2 Å². The number of hydrogen-bond donors (Lipinski definition) is 0. The highest BCUT2D eigenvalue weighted by Crippen LogP contribution is 2.31. The van der Waals surface area contributed by atoms with Crippen molar-refractivity contribution in [3.8, 4) is 17.3 Å². The molecule has 0 radical (unpaired) electrons. The van der Waals surface area contributed by atoms with Crippen molar-refractivity contribution < 1.29 is 18.0 Å². The Labute approximate surface area is 166 Å². The van der Waals surface area contributed by atoms with Gasteiger partial charge in [0.2, 0.25) is 5.82 Å². The molecule has 0 N–H and O–H groups in total. The summed E-state index contributed by atoms with van der Waals surface area (Å²) >= 11 is 1.99. The monoisotopic (exact) mass is 423 g/mol. The maximum Gasteiger partial charge on any atom is 0.451 e. The van der Waals surface area contributed by atoms with Crippen LogP contribution in [0.3, 0.4) is 0 Å². The van der Waals surface area contributed by atoms with E-state index < -0.39 is 23.7 Å². The fraction of sp³-hybridized carbons (Fsp3) is 0.235. The lowest BCUT2D eigenvalue weighted by Gasteiger charge is -2.07. The summed E-state index contributed by atoms with van der Waals surface area (Å²) in [6.45, 7) is 0. The Morgan fingerprint density at radius 3 is 2.64 bits per heavy atom. The molecule has 0 aliphatic heterocycles. The molecule has 0 saturated heterocycles. The van der Waals surface area contributed by atoms with E-state index >= 15 is 0 Å². The molecule has 3 aromatic rings. The molecule has 0 amide bonds. The second-order valence-electron chi connectivity index (χ2n) is 5.62. The third-order valence-electron chi connectivity index (χ3n) is 3.72. The Morgan fingerprint density at radius 1 is 1.32 bits per heavy atom.